The van der Waals surface area contributed by atoms with E-state index in [0.717, 1.165) is 24.1 Å². The van der Waals surface area contributed by atoms with Gasteiger partial charge in [0.15, 0.2) is 5.69 Å². The molecule has 182 valence electrons. The number of aromatic nitrogens is 4. The monoisotopic (exact) mass is 487 g/mol. The van der Waals surface area contributed by atoms with E-state index in [2.05, 4.69) is 20.6 Å². The van der Waals surface area contributed by atoms with Crippen LogP contribution in [0.4, 0.5) is 13.2 Å². The first-order valence-electron chi connectivity index (χ1n) is 10.6. The Morgan fingerprint density at radius 1 is 0.971 bits per heavy atom. The zero-order chi connectivity index (χ0) is 25.0. The van der Waals surface area contributed by atoms with E-state index in [4.69, 9.17) is 0 Å². The van der Waals surface area contributed by atoms with Crippen LogP contribution in [0.2, 0.25) is 0 Å². The molecule has 13 heteroatoms. The summed E-state index contributed by atoms with van der Waals surface area (Å²) in [5.41, 5.74) is -0.830. The van der Waals surface area contributed by atoms with Gasteiger partial charge in [0, 0.05) is 38.6 Å². The number of para-hydroxylation sites is 1. The lowest BCUT2D eigenvalue weighted by Crippen LogP contribution is -2.52. The number of halogens is 3. The molecule has 1 fully saturated rings. The summed E-state index contributed by atoms with van der Waals surface area (Å²) in [7, 11) is 0. The van der Waals surface area contributed by atoms with Crippen LogP contribution in [-0.2, 0) is 11.0 Å². The molecule has 10 nitrogen and oxygen atoms in total. The minimum absolute atomic E-state index is 0.0361. The predicted octanol–water partition coefficient (Wildman–Crippen LogP) is 1.40. The SMILES string of the molecule is O=C(NCC(=O)N1CCN(C(=O)c2cnccc2C(F)(F)F)CC1)c1cn(-c2ccccc2)nn1. The fourth-order valence-corrected chi connectivity index (χ4v) is 3.57. The van der Waals surface area contributed by atoms with Crippen molar-refractivity contribution in [3.05, 3.63) is 71.8 Å². The molecule has 0 aliphatic carbocycles. The average molecular weight is 487 g/mol. The van der Waals surface area contributed by atoms with Crippen LogP contribution >= 0.6 is 0 Å². The first-order chi connectivity index (χ1) is 16.7. The summed E-state index contributed by atoms with van der Waals surface area (Å²) >= 11 is 0. The quantitative estimate of drug-likeness (QED) is 0.582. The van der Waals surface area contributed by atoms with Gasteiger partial charge in [0.1, 0.15) is 0 Å². The van der Waals surface area contributed by atoms with Gasteiger partial charge in [0.05, 0.1) is 29.6 Å². The molecule has 0 bridgehead atoms. The molecule has 0 radical (unpaired) electrons. The van der Waals surface area contributed by atoms with Crippen molar-refractivity contribution >= 4 is 17.7 Å². The lowest BCUT2D eigenvalue weighted by atomic mass is 10.1. The summed E-state index contributed by atoms with van der Waals surface area (Å²) in [5, 5.41) is 10.2. The molecule has 4 rings (SSSR count). The van der Waals surface area contributed by atoms with E-state index in [0.29, 0.717) is 0 Å². The standard InChI is InChI=1S/C22H20F3N7O3/c23-22(24,25)17-6-7-26-12-16(17)21(35)31-10-8-30(9-11-31)19(33)13-27-20(34)18-14-32(29-28-18)15-4-2-1-3-5-15/h1-7,12,14H,8-11,13H2,(H,27,34). The van der Waals surface area contributed by atoms with E-state index in [1.165, 1.54) is 20.7 Å². The normalized spacial score (nSPS) is 14.0. The molecule has 0 spiro atoms. The summed E-state index contributed by atoms with van der Waals surface area (Å²) in [6.07, 6.45) is -1.37. The number of nitrogens with one attached hydrogen (secondary N) is 1. The van der Waals surface area contributed by atoms with E-state index in [-0.39, 0.29) is 38.4 Å². The van der Waals surface area contributed by atoms with Crippen molar-refractivity contribution in [3.63, 3.8) is 0 Å². The minimum Gasteiger partial charge on any atom is -0.342 e. The van der Waals surface area contributed by atoms with Crippen LogP contribution in [0.1, 0.15) is 26.4 Å². The fourth-order valence-electron chi connectivity index (χ4n) is 3.57. The molecular weight excluding hydrogens is 467 g/mol. The number of hydrogen-bond donors (Lipinski definition) is 1. The van der Waals surface area contributed by atoms with Crippen LogP contribution in [0.15, 0.2) is 55.0 Å². The van der Waals surface area contributed by atoms with Crippen LogP contribution < -0.4 is 5.32 Å². The van der Waals surface area contributed by atoms with E-state index < -0.39 is 35.0 Å². The van der Waals surface area contributed by atoms with E-state index in [9.17, 15) is 27.6 Å². The van der Waals surface area contributed by atoms with Crippen LogP contribution in [0, 0.1) is 0 Å². The van der Waals surface area contributed by atoms with Gasteiger partial charge >= 0.3 is 6.18 Å². The Morgan fingerprint density at radius 3 is 2.34 bits per heavy atom. The number of hydrogen-bond acceptors (Lipinski definition) is 6. The summed E-state index contributed by atoms with van der Waals surface area (Å²) in [6, 6.07) is 9.82. The summed E-state index contributed by atoms with van der Waals surface area (Å²) < 4.78 is 41.1. The number of nitrogens with zero attached hydrogens (tertiary/aromatic N) is 6. The molecule has 1 aliphatic heterocycles. The van der Waals surface area contributed by atoms with Gasteiger partial charge in [-0.1, -0.05) is 23.4 Å². The number of carbonyl (C=O) groups is 3. The predicted molar refractivity (Wildman–Crippen MR) is 115 cm³/mol. The Morgan fingerprint density at radius 2 is 1.66 bits per heavy atom. The van der Waals surface area contributed by atoms with Gasteiger partial charge < -0.3 is 15.1 Å². The minimum atomic E-state index is -4.68. The molecule has 3 heterocycles. The molecule has 1 N–H and O–H groups in total. The van der Waals surface area contributed by atoms with E-state index in [1.54, 1.807) is 12.1 Å². The maximum Gasteiger partial charge on any atom is 0.417 e. The molecule has 3 amide bonds. The lowest BCUT2D eigenvalue weighted by Gasteiger charge is -2.35. The highest BCUT2D eigenvalue weighted by Gasteiger charge is 2.37. The second kappa shape index (κ2) is 9.91. The van der Waals surface area contributed by atoms with Crippen LogP contribution in [0.3, 0.4) is 0 Å². The number of carbonyl (C=O) groups excluding carboxylic acids is 3. The smallest absolute Gasteiger partial charge is 0.342 e. The zero-order valence-electron chi connectivity index (χ0n) is 18.3. The second-order valence-electron chi connectivity index (χ2n) is 7.66. The van der Waals surface area contributed by atoms with Gasteiger partial charge in [-0.3, -0.25) is 19.4 Å². The van der Waals surface area contributed by atoms with Gasteiger partial charge in [-0.25, -0.2) is 4.68 Å². The van der Waals surface area contributed by atoms with E-state index >= 15 is 0 Å². The molecule has 2 aromatic heterocycles. The number of rotatable bonds is 5. The Balaban J connectivity index is 1.29. The second-order valence-corrected chi connectivity index (χ2v) is 7.66. The highest BCUT2D eigenvalue weighted by molar-refractivity contribution is 5.96. The topological polar surface area (TPSA) is 113 Å². The number of alkyl halides is 3. The maximum atomic E-state index is 13.2. The Hall–Kier alpha value is -4.29. The Kier molecular flexibility index (Phi) is 6.75. The highest BCUT2D eigenvalue weighted by Crippen LogP contribution is 2.32. The number of benzene rings is 1. The molecule has 0 atom stereocenters. The largest absolute Gasteiger partial charge is 0.417 e. The molecule has 1 aliphatic rings. The molecule has 1 aromatic carbocycles. The summed E-state index contributed by atoms with van der Waals surface area (Å²) in [5.74, 6) is -1.77. The first-order valence-corrected chi connectivity index (χ1v) is 10.6. The van der Waals surface area contributed by atoms with Crippen molar-refractivity contribution in [2.24, 2.45) is 0 Å². The molecular formula is C22H20F3N7O3. The third kappa shape index (κ3) is 5.45. The maximum absolute atomic E-state index is 13.2. The Bertz CT molecular complexity index is 1220. The summed E-state index contributed by atoms with van der Waals surface area (Å²) in [4.78, 5) is 43.8. The average Bonchev–Trinajstić information content (AvgIpc) is 3.37. The zero-order valence-corrected chi connectivity index (χ0v) is 18.3. The molecule has 0 saturated carbocycles. The first kappa shape index (κ1) is 23.9. The van der Waals surface area contributed by atoms with Crippen molar-refractivity contribution in [2.45, 2.75) is 6.18 Å². The van der Waals surface area contributed by atoms with Crippen LogP contribution in [-0.4, -0.2) is 80.2 Å². The number of pyridine rings is 1. The summed E-state index contributed by atoms with van der Waals surface area (Å²) in [6.45, 7) is 0.0382. The third-order valence-corrected chi connectivity index (χ3v) is 5.42. The molecule has 35 heavy (non-hydrogen) atoms. The fraction of sp³-hybridized carbons (Fsp3) is 0.273. The van der Waals surface area contributed by atoms with Crippen LogP contribution in [0.5, 0.6) is 0 Å². The number of amides is 3. The van der Waals surface area contributed by atoms with Crippen molar-refractivity contribution in [1.29, 1.82) is 0 Å². The third-order valence-electron chi connectivity index (χ3n) is 5.42. The van der Waals surface area contributed by atoms with Gasteiger partial charge in [-0.2, -0.15) is 13.2 Å². The van der Waals surface area contributed by atoms with Crippen molar-refractivity contribution in [3.8, 4) is 5.69 Å². The van der Waals surface area contributed by atoms with Gasteiger partial charge in [-0.05, 0) is 18.2 Å². The lowest BCUT2D eigenvalue weighted by molar-refractivity contribution is -0.138. The Labute approximate surface area is 197 Å². The van der Waals surface area contributed by atoms with Gasteiger partial charge in [0.25, 0.3) is 11.8 Å². The van der Waals surface area contributed by atoms with Crippen molar-refractivity contribution < 1.29 is 27.6 Å². The molecule has 3 aromatic rings. The van der Waals surface area contributed by atoms with Crippen molar-refractivity contribution in [1.82, 2.24) is 35.1 Å². The number of piperazine rings is 1. The van der Waals surface area contributed by atoms with E-state index in [1.807, 2.05) is 18.2 Å². The molecule has 1 saturated heterocycles. The van der Waals surface area contributed by atoms with Crippen LogP contribution in [0.25, 0.3) is 5.69 Å². The van der Waals surface area contributed by atoms with Gasteiger partial charge in [0.2, 0.25) is 5.91 Å². The highest BCUT2D eigenvalue weighted by atomic mass is 19.4. The van der Waals surface area contributed by atoms with Crippen molar-refractivity contribution in [2.75, 3.05) is 32.7 Å². The van der Waals surface area contributed by atoms with Gasteiger partial charge in [-0.15, -0.1) is 5.10 Å². The molecule has 0 unspecified atom stereocenters.